The Morgan fingerprint density at radius 1 is 0.274 bits per heavy atom. The highest BCUT2D eigenvalue weighted by Crippen LogP contribution is 2.43. The van der Waals surface area contributed by atoms with Crippen LogP contribution in [0.4, 0.5) is 0 Å². The lowest BCUT2D eigenvalue weighted by molar-refractivity contribution is 1.15. The molecule has 0 saturated carbocycles. The molecule has 0 atom stereocenters. The van der Waals surface area contributed by atoms with Gasteiger partial charge in [-0.3, -0.25) is 0 Å². The molecule has 0 spiro atoms. The molecular weight excluding hydrogens is 753 g/mol. The van der Waals surface area contributed by atoms with Gasteiger partial charge in [-0.15, -0.1) is 0 Å². The van der Waals surface area contributed by atoms with Crippen LogP contribution in [0.25, 0.3) is 111 Å². The summed E-state index contributed by atoms with van der Waals surface area (Å²) in [5.74, 6) is 0.686. The molecule has 0 aliphatic rings. The zero-order valence-corrected chi connectivity index (χ0v) is 33.7. The van der Waals surface area contributed by atoms with E-state index in [0.29, 0.717) is 5.82 Å². The van der Waals surface area contributed by atoms with Crippen LogP contribution in [-0.2, 0) is 0 Å². The largest absolute Gasteiger partial charge is 0.307 e. The zero-order valence-electron chi connectivity index (χ0n) is 33.7. The molecule has 0 bridgehead atoms. The maximum atomic E-state index is 5.35. The first-order valence-corrected chi connectivity index (χ1v) is 21.1. The molecule has 0 amide bonds. The quantitative estimate of drug-likeness (QED) is 0.161. The number of benzene rings is 9. The Kier molecular flexibility index (Phi) is 8.46. The van der Waals surface area contributed by atoms with E-state index in [9.17, 15) is 0 Å². The van der Waals surface area contributed by atoms with E-state index in [-0.39, 0.29) is 0 Å². The van der Waals surface area contributed by atoms with E-state index >= 15 is 0 Å². The molecular formula is C58H38N4. The molecule has 4 nitrogen and oxygen atoms in total. The standard InChI is InChI=1S/C58H38N4/c1-4-18-39(19-5-1)41-22-16-24-43(36-41)58-59-52(40-20-6-2-7-21-40)38-53(60-58)47-29-11-10-28-46(47)42-23-17-27-45(37-42)62-55-33-15-13-31-49(55)51-35-34-50-48-30-12-14-32-54(48)61(56(50)57(51)62)44-25-8-3-9-26-44/h1-38H. The molecule has 9 aromatic carbocycles. The van der Waals surface area contributed by atoms with Gasteiger partial charge in [0.25, 0.3) is 0 Å². The zero-order chi connectivity index (χ0) is 41.0. The van der Waals surface area contributed by atoms with Gasteiger partial charge in [-0.2, -0.15) is 0 Å². The van der Waals surface area contributed by atoms with Crippen LogP contribution in [0.15, 0.2) is 231 Å². The molecule has 3 aromatic heterocycles. The van der Waals surface area contributed by atoms with E-state index in [0.717, 1.165) is 67.2 Å². The fourth-order valence-corrected chi connectivity index (χ4v) is 9.32. The lowest BCUT2D eigenvalue weighted by Crippen LogP contribution is -1.99. The first kappa shape index (κ1) is 35.6. The lowest BCUT2D eigenvalue weighted by Gasteiger charge is -2.15. The molecule has 12 aromatic rings. The smallest absolute Gasteiger partial charge is 0.160 e. The molecule has 0 unspecified atom stereocenters. The van der Waals surface area contributed by atoms with Gasteiger partial charge in [-0.1, -0.05) is 182 Å². The highest BCUT2D eigenvalue weighted by atomic mass is 15.0. The second-order valence-corrected chi connectivity index (χ2v) is 15.8. The summed E-state index contributed by atoms with van der Waals surface area (Å²) in [4.78, 5) is 10.5. The number of hydrogen-bond donors (Lipinski definition) is 0. The van der Waals surface area contributed by atoms with Crippen LogP contribution in [0.3, 0.4) is 0 Å². The predicted octanol–water partition coefficient (Wildman–Crippen LogP) is 15.0. The molecule has 62 heavy (non-hydrogen) atoms. The van der Waals surface area contributed by atoms with Gasteiger partial charge in [0.2, 0.25) is 0 Å². The summed E-state index contributed by atoms with van der Waals surface area (Å²) in [5.41, 5.74) is 16.2. The van der Waals surface area contributed by atoms with Crippen LogP contribution < -0.4 is 0 Å². The van der Waals surface area contributed by atoms with Gasteiger partial charge in [0.15, 0.2) is 5.82 Å². The lowest BCUT2D eigenvalue weighted by atomic mass is 9.96. The van der Waals surface area contributed by atoms with Crippen molar-refractivity contribution in [1.29, 1.82) is 0 Å². The van der Waals surface area contributed by atoms with Gasteiger partial charge >= 0.3 is 0 Å². The summed E-state index contributed by atoms with van der Waals surface area (Å²) < 4.78 is 4.90. The fraction of sp³-hybridized carbons (Fsp3) is 0. The van der Waals surface area contributed by atoms with E-state index in [1.807, 2.05) is 12.1 Å². The second-order valence-electron chi connectivity index (χ2n) is 15.8. The predicted molar refractivity (Wildman–Crippen MR) is 258 cm³/mol. The highest BCUT2D eigenvalue weighted by molar-refractivity contribution is 6.23. The van der Waals surface area contributed by atoms with E-state index < -0.39 is 0 Å². The minimum atomic E-state index is 0.686. The third-order valence-electron chi connectivity index (χ3n) is 12.1. The number of nitrogens with zero attached hydrogens (tertiary/aromatic N) is 4. The molecule has 4 heteroatoms. The minimum absolute atomic E-state index is 0.686. The Morgan fingerprint density at radius 3 is 1.45 bits per heavy atom. The van der Waals surface area contributed by atoms with Crippen LogP contribution in [-0.4, -0.2) is 19.1 Å². The molecule has 0 aliphatic heterocycles. The monoisotopic (exact) mass is 790 g/mol. The summed E-state index contributed by atoms with van der Waals surface area (Å²) in [6.07, 6.45) is 0. The van der Waals surface area contributed by atoms with E-state index in [2.05, 4.69) is 228 Å². The first-order chi connectivity index (χ1) is 30.8. The van der Waals surface area contributed by atoms with Gasteiger partial charge in [-0.05, 0) is 70.8 Å². The first-order valence-electron chi connectivity index (χ1n) is 21.1. The molecule has 3 heterocycles. The van der Waals surface area contributed by atoms with Crippen LogP contribution >= 0.6 is 0 Å². The summed E-state index contributed by atoms with van der Waals surface area (Å²) in [7, 11) is 0. The van der Waals surface area contributed by atoms with Gasteiger partial charge in [0.1, 0.15) is 0 Å². The van der Waals surface area contributed by atoms with Crippen molar-refractivity contribution in [1.82, 2.24) is 19.1 Å². The van der Waals surface area contributed by atoms with Crippen molar-refractivity contribution in [2.24, 2.45) is 0 Å². The van der Waals surface area contributed by atoms with Crippen LogP contribution in [0, 0.1) is 0 Å². The van der Waals surface area contributed by atoms with E-state index in [1.165, 1.54) is 38.1 Å². The molecule has 0 aliphatic carbocycles. The highest BCUT2D eigenvalue weighted by Gasteiger charge is 2.22. The number of aromatic nitrogens is 4. The van der Waals surface area contributed by atoms with E-state index in [4.69, 9.17) is 9.97 Å². The van der Waals surface area contributed by atoms with Crippen LogP contribution in [0.1, 0.15) is 0 Å². The topological polar surface area (TPSA) is 35.6 Å². The number of fused-ring (bicyclic) bond motifs is 7. The SMILES string of the molecule is c1ccc(-c2cccc(-c3nc(-c4ccccc4)cc(-c4ccccc4-c4cccc(-n5c6ccccc6c6ccc7c8ccccc8n(-c8ccccc8)c7c65)c4)n3)c2)cc1. The van der Waals surface area contributed by atoms with Crippen molar-refractivity contribution >= 4 is 43.6 Å². The van der Waals surface area contributed by atoms with E-state index in [1.54, 1.807) is 0 Å². The van der Waals surface area contributed by atoms with Crippen molar-refractivity contribution in [3.63, 3.8) is 0 Å². The van der Waals surface area contributed by atoms with Crippen LogP contribution in [0.5, 0.6) is 0 Å². The van der Waals surface area contributed by atoms with Gasteiger partial charge in [0.05, 0.1) is 33.5 Å². The summed E-state index contributed by atoms with van der Waals surface area (Å²) in [6.45, 7) is 0. The Hall–Kier alpha value is -8.34. The van der Waals surface area contributed by atoms with Gasteiger partial charge < -0.3 is 9.13 Å². The molecule has 290 valence electrons. The average molecular weight is 791 g/mol. The fourth-order valence-electron chi connectivity index (χ4n) is 9.32. The number of hydrogen-bond acceptors (Lipinski definition) is 2. The Balaban J connectivity index is 1.07. The Morgan fingerprint density at radius 2 is 0.758 bits per heavy atom. The molecule has 0 N–H and O–H groups in total. The normalized spacial score (nSPS) is 11.5. The molecule has 0 fully saturated rings. The third-order valence-corrected chi connectivity index (χ3v) is 12.1. The maximum absolute atomic E-state index is 5.35. The molecule has 0 saturated heterocycles. The van der Waals surface area contributed by atoms with Gasteiger partial charge in [0, 0.05) is 49.6 Å². The summed E-state index contributed by atoms with van der Waals surface area (Å²) >= 11 is 0. The second kappa shape index (κ2) is 14.7. The number of para-hydroxylation sites is 3. The van der Waals surface area contributed by atoms with Crippen molar-refractivity contribution in [3.8, 4) is 67.5 Å². The Bertz CT molecular complexity index is 3620. The van der Waals surface area contributed by atoms with Crippen molar-refractivity contribution in [2.45, 2.75) is 0 Å². The minimum Gasteiger partial charge on any atom is -0.307 e. The van der Waals surface area contributed by atoms with Crippen LogP contribution in [0.2, 0.25) is 0 Å². The maximum Gasteiger partial charge on any atom is 0.160 e. The van der Waals surface area contributed by atoms with Crippen molar-refractivity contribution < 1.29 is 0 Å². The van der Waals surface area contributed by atoms with Crippen molar-refractivity contribution in [3.05, 3.63) is 231 Å². The average Bonchev–Trinajstić information content (AvgIpc) is 3.88. The third kappa shape index (κ3) is 5.92. The molecule has 0 radical (unpaired) electrons. The van der Waals surface area contributed by atoms with Gasteiger partial charge in [-0.25, -0.2) is 9.97 Å². The number of rotatable bonds is 7. The Labute approximate surface area is 359 Å². The summed E-state index contributed by atoms with van der Waals surface area (Å²) in [5, 5.41) is 4.90. The molecule has 12 rings (SSSR count). The summed E-state index contributed by atoms with van der Waals surface area (Å²) in [6, 6.07) is 82.1. The van der Waals surface area contributed by atoms with Crippen molar-refractivity contribution in [2.75, 3.05) is 0 Å².